The van der Waals surface area contributed by atoms with Gasteiger partial charge in [0.05, 0.1) is 0 Å². The summed E-state index contributed by atoms with van der Waals surface area (Å²) >= 11 is 0. The third-order valence-electron chi connectivity index (χ3n) is 2.14. The first-order chi connectivity index (χ1) is 7.36. The predicted octanol–water partition coefficient (Wildman–Crippen LogP) is 1.13. The summed E-state index contributed by atoms with van der Waals surface area (Å²) < 4.78 is 49.0. The fourth-order valence-corrected chi connectivity index (χ4v) is 2.04. The van der Waals surface area contributed by atoms with Crippen molar-refractivity contribution in [3.63, 3.8) is 0 Å². The zero-order valence-electron chi connectivity index (χ0n) is 9.05. The maximum atomic E-state index is 13.4. The van der Waals surface area contributed by atoms with Crippen molar-refractivity contribution in [3.8, 4) is 0 Å². The molecule has 1 N–H and O–H groups in total. The van der Waals surface area contributed by atoms with Gasteiger partial charge in [-0.15, -0.1) is 0 Å². The van der Waals surface area contributed by atoms with Crippen molar-refractivity contribution in [3.05, 3.63) is 29.3 Å². The molecule has 0 heterocycles. The van der Waals surface area contributed by atoms with Crippen molar-refractivity contribution in [1.82, 2.24) is 5.32 Å². The van der Waals surface area contributed by atoms with Crippen molar-refractivity contribution in [1.29, 1.82) is 0 Å². The maximum Gasteiger partial charge on any atom is 0.178 e. The van der Waals surface area contributed by atoms with Crippen molar-refractivity contribution < 1.29 is 17.2 Å². The SMILES string of the molecule is CNCCc1cc(F)c(S(C)(=O)=O)cc1F. The Morgan fingerprint density at radius 1 is 1.25 bits per heavy atom. The van der Waals surface area contributed by atoms with Crippen LogP contribution in [0.2, 0.25) is 0 Å². The van der Waals surface area contributed by atoms with Crippen LogP contribution in [-0.2, 0) is 16.3 Å². The molecule has 0 aliphatic rings. The molecule has 0 fully saturated rings. The van der Waals surface area contributed by atoms with Gasteiger partial charge in [-0.3, -0.25) is 0 Å². The van der Waals surface area contributed by atoms with Crippen LogP contribution in [0.4, 0.5) is 8.78 Å². The average Bonchev–Trinajstić information content (AvgIpc) is 2.17. The number of hydrogen-bond donors (Lipinski definition) is 1. The molecule has 1 rings (SSSR count). The Bertz CT molecular complexity index is 486. The van der Waals surface area contributed by atoms with Gasteiger partial charge in [0.25, 0.3) is 0 Å². The van der Waals surface area contributed by atoms with Gasteiger partial charge in [0, 0.05) is 6.26 Å². The second-order valence-electron chi connectivity index (χ2n) is 3.50. The molecular weight excluding hydrogens is 236 g/mol. The Balaban J connectivity index is 3.17. The Hall–Kier alpha value is -1.01. The summed E-state index contributed by atoms with van der Waals surface area (Å²) in [6.07, 6.45) is 1.15. The molecule has 0 aromatic heterocycles. The van der Waals surface area contributed by atoms with Crippen LogP contribution in [0.3, 0.4) is 0 Å². The first-order valence-electron chi connectivity index (χ1n) is 4.69. The highest BCUT2D eigenvalue weighted by atomic mass is 32.2. The van der Waals surface area contributed by atoms with Gasteiger partial charge in [0.2, 0.25) is 0 Å². The van der Waals surface area contributed by atoms with Gasteiger partial charge in [-0.25, -0.2) is 17.2 Å². The van der Waals surface area contributed by atoms with E-state index in [1.165, 1.54) is 0 Å². The van der Waals surface area contributed by atoms with E-state index in [1.54, 1.807) is 7.05 Å². The summed E-state index contributed by atoms with van der Waals surface area (Å²) in [6, 6.07) is 1.67. The van der Waals surface area contributed by atoms with E-state index in [0.29, 0.717) is 13.0 Å². The Morgan fingerprint density at radius 3 is 2.38 bits per heavy atom. The second kappa shape index (κ2) is 4.88. The Kier molecular flexibility index (Phi) is 3.98. The first-order valence-corrected chi connectivity index (χ1v) is 6.58. The highest BCUT2D eigenvalue weighted by Crippen LogP contribution is 2.19. The molecule has 0 radical (unpaired) electrons. The van der Waals surface area contributed by atoms with Crippen LogP contribution in [0, 0.1) is 11.6 Å². The van der Waals surface area contributed by atoms with Crippen LogP contribution in [0.1, 0.15) is 5.56 Å². The average molecular weight is 249 g/mol. The van der Waals surface area contributed by atoms with E-state index in [9.17, 15) is 17.2 Å². The van der Waals surface area contributed by atoms with Gasteiger partial charge in [0.1, 0.15) is 16.5 Å². The first kappa shape index (κ1) is 13.1. The van der Waals surface area contributed by atoms with Crippen molar-refractivity contribution in [2.24, 2.45) is 0 Å². The molecule has 0 unspecified atom stereocenters. The Labute approximate surface area is 93.4 Å². The van der Waals surface area contributed by atoms with E-state index in [4.69, 9.17) is 0 Å². The third kappa shape index (κ3) is 2.99. The molecule has 0 bridgehead atoms. The summed E-state index contributed by atoms with van der Waals surface area (Å²) in [5, 5.41) is 2.80. The summed E-state index contributed by atoms with van der Waals surface area (Å²) in [6.45, 7) is 0.495. The quantitative estimate of drug-likeness (QED) is 0.870. The predicted molar refractivity (Wildman–Crippen MR) is 57.1 cm³/mol. The van der Waals surface area contributed by atoms with Crippen molar-refractivity contribution in [2.75, 3.05) is 19.8 Å². The van der Waals surface area contributed by atoms with Crippen LogP contribution in [0.5, 0.6) is 0 Å². The summed E-state index contributed by atoms with van der Waals surface area (Å²) in [7, 11) is -2.03. The van der Waals surface area contributed by atoms with E-state index in [2.05, 4.69) is 5.32 Å². The van der Waals surface area contributed by atoms with Gasteiger partial charge in [-0.1, -0.05) is 0 Å². The lowest BCUT2D eigenvalue weighted by molar-refractivity contribution is 0.546. The number of hydrogen-bond acceptors (Lipinski definition) is 3. The lowest BCUT2D eigenvalue weighted by Crippen LogP contribution is -2.12. The van der Waals surface area contributed by atoms with Gasteiger partial charge >= 0.3 is 0 Å². The van der Waals surface area contributed by atoms with E-state index in [1.807, 2.05) is 0 Å². The van der Waals surface area contributed by atoms with Gasteiger partial charge in [0.15, 0.2) is 9.84 Å². The van der Waals surface area contributed by atoms with Crippen LogP contribution in [0.25, 0.3) is 0 Å². The smallest absolute Gasteiger partial charge is 0.178 e. The minimum absolute atomic E-state index is 0.166. The Morgan fingerprint density at radius 2 is 1.88 bits per heavy atom. The molecule has 1 aromatic rings. The van der Waals surface area contributed by atoms with Crippen LogP contribution in [0.15, 0.2) is 17.0 Å². The van der Waals surface area contributed by atoms with E-state index in [-0.39, 0.29) is 5.56 Å². The number of sulfone groups is 1. The summed E-state index contributed by atoms with van der Waals surface area (Å²) in [4.78, 5) is -0.599. The van der Waals surface area contributed by atoms with Gasteiger partial charge in [-0.05, 0) is 37.7 Å². The van der Waals surface area contributed by atoms with Gasteiger partial charge in [-0.2, -0.15) is 0 Å². The minimum Gasteiger partial charge on any atom is -0.319 e. The standard InChI is InChI=1S/C10H13F2NO2S/c1-13-4-3-7-5-9(12)10(6-8(7)11)16(2,14)15/h5-6,13H,3-4H2,1-2H3. The molecule has 1 aromatic carbocycles. The molecule has 0 spiro atoms. The number of likely N-dealkylation sites (N-methyl/N-ethyl adjacent to an activating group) is 1. The lowest BCUT2D eigenvalue weighted by atomic mass is 10.1. The molecule has 0 amide bonds. The molecule has 90 valence electrons. The van der Waals surface area contributed by atoms with E-state index >= 15 is 0 Å². The third-order valence-corrected chi connectivity index (χ3v) is 3.26. The molecule has 0 atom stereocenters. The highest BCUT2D eigenvalue weighted by molar-refractivity contribution is 7.90. The summed E-state index contributed by atoms with van der Waals surface area (Å²) in [5.41, 5.74) is 0.166. The van der Waals surface area contributed by atoms with E-state index in [0.717, 1.165) is 18.4 Å². The fourth-order valence-electron chi connectivity index (χ4n) is 1.31. The second-order valence-corrected chi connectivity index (χ2v) is 5.48. The molecule has 16 heavy (non-hydrogen) atoms. The highest BCUT2D eigenvalue weighted by Gasteiger charge is 2.17. The van der Waals surface area contributed by atoms with Crippen molar-refractivity contribution >= 4 is 9.84 Å². The van der Waals surface area contributed by atoms with E-state index < -0.39 is 26.4 Å². The molecule has 0 aliphatic carbocycles. The zero-order valence-corrected chi connectivity index (χ0v) is 9.87. The molecule has 0 aliphatic heterocycles. The lowest BCUT2D eigenvalue weighted by Gasteiger charge is -2.06. The molecule has 0 saturated carbocycles. The summed E-state index contributed by atoms with van der Waals surface area (Å²) in [5.74, 6) is -1.60. The maximum absolute atomic E-state index is 13.4. The normalized spacial score (nSPS) is 11.8. The number of benzene rings is 1. The minimum atomic E-state index is -3.72. The van der Waals surface area contributed by atoms with Crippen LogP contribution in [-0.4, -0.2) is 28.3 Å². The monoisotopic (exact) mass is 249 g/mol. The van der Waals surface area contributed by atoms with Crippen LogP contribution >= 0.6 is 0 Å². The number of nitrogens with one attached hydrogen (secondary N) is 1. The van der Waals surface area contributed by atoms with Crippen LogP contribution < -0.4 is 5.32 Å². The van der Waals surface area contributed by atoms with Gasteiger partial charge < -0.3 is 5.32 Å². The van der Waals surface area contributed by atoms with Crippen molar-refractivity contribution in [2.45, 2.75) is 11.3 Å². The zero-order chi connectivity index (χ0) is 12.3. The largest absolute Gasteiger partial charge is 0.319 e. The number of rotatable bonds is 4. The molecule has 6 heteroatoms. The topological polar surface area (TPSA) is 46.2 Å². The molecular formula is C10H13F2NO2S. The molecule has 3 nitrogen and oxygen atoms in total. The fraction of sp³-hybridized carbons (Fsp3) is 0.400. The number of halogens is 2. The molecule has 0 saturated heterocycles.